The smallest absolute Gasteiger partial charge is 0.490 e. The Hall–Kier alpha value is -2.37. The molecule has 1 saturated heterocycles. The molecule has 0 atom stereocenters. The van der Waals surface area contributed by atoms with Crippen LogP contribution in [0.2, 0.25) is 5.02 Å². The minimum atomic E-state index is -5.08. The molecule has 0 bridgehead atoms. The van der Waals surface area contributed by atoms with Crippen molar-refractivity contribution >= 4 is 34.8 Å². The van der Waals surface area contributed by atoms with Gasteiger partial charge in [0.05, 0.1) is 12.7 Å². The predicted octanol–water partition coefficient (Wildman–Crippen LogP) is 4.88. The van der Waals surface area contributed by atoms with Gasteiger partial charge in [0, 0.05) is 23.0 Å². The van der Waals surface area contributed by atoms with Crippen LogP contribution < -0.4 is 10.1 Å². The SMILES string of the molecule is CCc1sc(-c2cc(Cl)ccc2OC)nc1C(=O)NCCN1CCCCC1.O=C(O)C(F)(F)F. The van der Waals surface area contributed by atoms with Gasteiger partial charge in [-0.2, -0.15) is 13.2 Å². The molecular formula is C22H27ClF3N3O4S. The monoisotopic (exact) mass is 521 g/mol. The Morgan fingerprint density at radius 2 is 1.91 bits per heavy atom. The van der Waals surface area contributed by atoms with Gasteiger partial charge in [-0.3, -0.25) is 4.79 Å². The number of nitrogens with one attached hydrogen (secondary N) is 1. The minimum absolute atomic E-state index is 0.104. The molecule has 0 radical (unpaired) electrons. The Bertz CT molecular complexity index is 979. The summed E-state index contributed by atoms with van der Waals surface area (Å²) >= 11 is 7.67. The summed E-state index contributed by atoms with van der Waals surface area (Å²) in [6.45, 7) is 5.84. The second-order valence-electron chi connectivity index (χ2n) is 7.45. The fraction of sp³-hybridized carbons (Fsp3) is 0.500. The number of aliphatic carboxylic acids is 1. The Balaban J connectivity index is 0.000000509. The second kappa shape index (κ2) is 12.9. The lowest BCUT2D eigenvalue weighted by Gasteiger charge is -2.26. The number of hydrogen-bond acceptors (Lipinski definition) is 6. The predicted molar refractivity (Wildman–Crippen MR) is 125 cm³/mol. The summed E-state index contributed by atoms with van der Waals surface area (Å²) in [4.78, 5) is 29.6. The number of carboxylic acid groups (broad SMARTS) is 1. The standard InChI is InChI=1S/C20H26ClN3O2S.C2HF3O2/c1-3-17-18(19(25)22-9-12-24-10-5-4-6-11-24)23-20(27-17)15-13-14(21)7-8-16(15)26-2;3-2(4,5)1(6)7/h7-8,13H,3-6,9-12H2,1-2H3,(H,22,25);(H,6,7). The highest BCUT2D eigenvalue weighted by Gasteiger charge is 2.38. The molecule has 1 fully saturated rings. The molecule has 0 aliphatic carbocycles. The van der Waals surface area contributed by atoms with Crippen LogP contribution in [-0.4, -0.2) is 66.3 Å². The Labute approximate surface area is 204 Å². The van der Waals surface area contributed by atoms with Crippen molar-refractivity contribution in [2.45, 2.75) is 38.8 Å². The van der Waals surface area contributed by atoms with Crippen LogP contribution in [0.5, 0.6) is 5.75 Å². The number of nitrogens with zero attached hydrogens (tertiary/aromatic N) is 2. The number of carbonyl (C=O) groups excluding carboxylic acids is 1. The van der Waals surface area contributed by atoms with Crippen molar-refractivity contribution in [3.05, 3.63) is 33.8 Å². The summed E-state index contributed by atoms with van der Waals surface area (Å²) in [6, 6.07) is 5.44. The van der Waals surface area contributed by atoms with Crippen molar-refractivity contribution in [2.75, 3.05) is 33.3 Å². The van der Waals surface area contributed by atoms with E-state index in [9.17, 15) is 18.0 Å². The zero-order valence-corrected chi connectivity index (χ0v) is 20.4. The van der Waals surface area contributed by atoms with Crippen molar-refractivity contribution < 1.29 is 32.6 Å². The molecule has 1 aliphatic rings. The van der Waals surface area contributed by atoms with E-state index in [0.29, 0.717) is 23.0 Å². The molecule has 1 amide bonds. The minimum Gasteiger partial charge on any atom is -0.496 e. The van der Waals surface area contributed by atoms with E-state index in [2.05, 4.69) is 15.2 Å². The molecule has 1 aliphatic heterocycles. The van der Waals surface area contributed by atoms with Gasteiger partial charge in [0.15, 0.2) is 0 Å². The van der Waals surface area contributed by atoms with Gasteiger partial charge in [-0.05, 0) is 50.6 Å². The number of rotatable bonds is 7. The molecule has 12 heteroatoms. The maximum atomic E-state index is 12.7. The first kappa shape index (κ1) is 27.9. The van der Waals surface area contributed by atoms with Crippen LogP contribution >= 0.6 is 22.9 Å². The van der Waals surface area contributed by atoms with Crippen LogP contribution in [0.4, 0.5) is 13.2 Å². The molecular weight excluding hydrogens is 495 g/mol. The molecule has 2 aromatic rings. The fourth-order valence-corrected chi connectivity index (χ4v) is 4.52. The van der Waals surface area contributed by atoms with Crippen molar-refractivity contribution in [3.63, 3.8) is 0 Å². The van der Waals surface area contributed by atoms with Crippen LogP contribution in [0, 0.1) is 0 Å². The van der Waals surface area contributed by atoms with Gasteiger partial charge in [-0.1, -0.05) is 24.9 Å². The Kier molecular flexibility index (Phi) is 10.6. The van der Waals surface area contributed by atoms with Gasteiger partial charge in [0.1, 0.15) is 16.5 Å². The number of benzene rings is 1. The van der Waals surface area contributed by atoms with Gasteiger partial charge in [-0.25, -0.2) is 9.78 Å². The van der Waals surface area contributed by atoms with Crippen molar-refractivity contribution in [1.82, 2.24) is 15.2 Å². The van der Waals surface area contributed by atoms with E-state index in [-0.39, 0.29) is 5.91 Å². The molecule has 0 saturated carbocycles. The molecule has 1 aromatic heterocycles. The zero-order valence-electron chi connectivity index (χ0n) is 18.9. The summed E-state index contributed by atoms with van der Waals surface area (Å²) in [6.07, 6.45) is -0.498. The first-order valence-corrected chi connectivity index (χ1v) is 11.9. The van der Waals surface area contributed by atoms with Gasteiger partial charge in [0.25, 0.3) is 5.91 Å². The van der Waals surface area contributed by atoms with Crippen LogP contribution in [0.1, 0.15) is 41.6 Å². The number of carboxylic acids is 1. The van der Waals surface area contributed by atoms with Crippen molar-refractivity contribution in [3.8, 4) is 16.3 Å². The van der Waals surface area contributed by atoms with Crippen molar-refractivity contribution in [2.24, 2.45) is 0 Å². The lowest BCUT2D eigenvalue weighted by Crippen LogP contribution is -2.37. The molecule has 3 rings (SSSR count). The third-order valence-corrected chi connectivity index (χ3v) is 6.50. The summed E-state index contributed by atoms with van der Waals surface area (Å²) < 4.78 is 37.2. The molecule has 1 aromatic carbocycles. The number of aryl methyl sites for hydroxylation is 1. The number of piperidine rings is 1. The maximum absolute atomic E-state index is 12.7. The highest BCUT2D eigenvalue weighted by molar-refractivity contribution is 7.15. The van der Waals surface area contributed by atoms with Crippen LogP contribution in [-0.2, 0) is 11.2 Å². The topological polar surface area (TPSA) is 91.8 Å². The van der Waals surface area contributed by atoms with Crippen LogP contribution in [0.25, 0.3) is 10.6 Å². The summed E-state index contributed by atoms with van der Waals surface area (Å²) in [5, 5.41) is 11.5. The first-order valence-electron chi connectivity index (χ1n) is 10.7. The lowest BCUT2D eigenvalue weighted by atomic mass is 10.1. The number of alkyl halides is 3. The molecule has 0 spiro atoms. The fourth-order valence-electron chi connectivity index (χ4n) is 3.33. The number of amides is 1. The largest absolute Gasteiger partial charge is 0.496 e. The quantitative estimate of drug-likeness (QED) is 0.539. The molecule has 0 unspecified atom stereocenters. The maximum Gasteiger partial charge on any atom is 0.490 e. The van der Waals surface area contributed by atoms with E-state index in [4.69, 9.17) is 26.2 Å². The van der Waals surface area contributed by atoms with Gasteiger partial charge >= 0.3 is 12.1 Å². The van der Waals surface area contributed by atoms with E-state index in [1.54, 1.807) is 13.2 Å². The molecule has 2 N–H and O–H groups in total. The number of likely N-dealkylation sites (tertiary alicyclic amines) is 1. The number of carbonyl (C=O) groups is 2. The number of ether oxygens (including phenoxy) is 1. The summed E-state index contributed by atoms with van der Waals surface area (Å²) in [7, 11) is 1.62. The highest BCUT2D eigenvalue weighted by atomic mass is 35.5. The van der Waals surface area contributed by atoms with E-state index in [1.807, 2.05) is 19.1 Å². The normalized spacial score (nSPS) is 14.2. The van der Waals surface area contributed by atoms with Gasteiger partial charge in [0.2, 0.25) is 0 Å². The van der Waals surface area contributed by atoms with Gasteiger partial charge < -0.3 is 20.1 Å². The van der Waals surface area contributed by atoms with E-state index in [0.717, 1.165) is 41.5 Å². The summed E-state index contributed by atoms with van der Waals surface area (Å²) in [5.74, 6) is -2.16. The first-order chi connectivity index (χ1) is 16.1. The van der Waals surface area contributed by atoms with E-state index in [1.165, 1.54) is 30.6 Å². The number of halogens is 4. The number of aromatic nitrogens is 1. The molecule has 34 heavy (non-hydrogen) atoms. The molecule has 188 valence electrons. The van der Waals surface area contributed by atoms with E-state index < -0.39 is 12.1 Å². The lowest BCUT2D eigenvalue weighted by molar-refractivity contribution is -0.192. The highest BCUT2D eigenvalue weighted by Crippen LogP contribution is 2.36. The number of hydrogen-bond donors (Lipinski definition) is 2. The van der Waals surface area contributed by atoms with E-state index >= 15 is 0 Å². The number of thiazole rings is 1. The van der Waals surface area contributed by atoms with Crippen molar-refractivity contribution in [1.29, 1.82) is 0 Å². The third-order valence-electron chi connectivity index (χ3n) is 5.03. The third kappa shape index (κ3) is 8.14. The van der Waals surface area contributed by atoms with Crippen LogP contribution in [0.3, 0.4) is 0 Å². The number of methoxy groups -OCH3 is 1. The Morgan fingerprint density at radius 1 is 1.26 bits per heavy atom. The molecule has 7 nitrogen and oxygen atoms in total. The average Bonchev–Trinajstić information content (AvgIpc) is 3.24. The molecule has 2 heterocycles. The van der Waals surface area contributed by atoms with Gasteiger partial charge in [-0.15, -0.1) is 11.3 Å². The Morgan fingerprint density at radius 3 is 2.47 bits per heavy atom. The zero-order chi connectivity index (χ0) is 25.3. The summed E-state index contributed by atoms with van der Waals surface area (Å²) in [5.41, 5.74) is 1.33. The average molecular weight is 522 g/mol. The van der Waals surface area contributed by atoms with Crippen LogP contribution in [0.15, 0.2) is 18.2 Å². The second-order valence-corrected chi connectivity index (χ2v) is 8.97.